The van der Waals surface area contributed by atoms with E-state index in [-0.39, 0.29) is 11.1 Å². The van der Waals surface area contributed by atoms with Crippen LogP contribution in [-0.2, 0) is 0 Å². The van der Waals surface area contributed by atoms with Gasteiger partial charge in [0.2, 0.25) is 0 Å². The molecule has 0 aliphatic rings. The summed E-state index contributed by atoms with van der Waals surface area (Å²) < 4.78 is 4.91. The number of benzene rings is 3. The smallest absolute Gasteiger partial charge is 0.276 e. The number of hydrogen-bond acceptors (Lipinski definition) is 4. The van der Waals surface area contributed by atoms with Gasteiger partial charge in [-0.05, 0) is 47.2 Å². The molecule has 6 heteroatoms. The average molecular weight is 475 g/mol. The Kier molecular flexibility index (Phi) is 3.42. The monoisotopic (exact) mass is 474 g/mol. The first-order valence-electron chi connectivity index (χ1n) is 10.9. The van der Waals surface area contributed by atoms with Gasteiger partial charge in [0.05, 0.1) is 16.6 Å². The lowest BCUT2D eigenvalue weighted by atomic mass is 10.0. The summed E-state index contributed by atoms with van der Waals surface area (Å²) in [7, 11) is 0. The molecule has 0 N–H and O–H groups in total. The van der Waals surface area contributed by atoms with Gasteiger partial charge >= 0.3 is 0 Å². The number of nitrogens with zero attached hydrogens (tertiary/aromatic N) is 2. The first kappa shape index (κ1) is 18.4. The zero-order chi connectivity index (χ0) is 22.6. The molecule has 0 amide bonds. The van der Waals surface area contributed by atoms with Crippen LogP contribution in [0, 0.1) is 0 Å². The number of rotatable bonds is 1. The largest absolute Gasteiger partial charge is 0.309 e. The Balaban J connectivity index is 1.68. The molecular weight excluding hydrogens is 460 g/mol. The molecule has 4 nitrogen and oxygen atoms in total. The molecule has 0 unspecified atom stereocenters. The van der Waals surface area contributed by atoms with Crippen LogP contribution in [0.1, 0.15) is 0 Å². The van der Waals surface area contributed by atoms with Crippen LogP contribution in [0.25, 0.3) is 64.0 Å². The van der Waals surface area contributed by atoms with Crippen molar-refractivity contribution in [1.82, 2.24) is 8.97 Å². The van der Waals surface area contributed by atoms with Gasteiger partial charge in [-0.3, -0.25) is 9.59 Å². The van der Waals surface area contributed by atoms with Gasteiger partial charge < -0.3 is 4.57 Å². The van der Waals surface area contributed by atoms with E-state index < -0.39 is 0 Å². The topological polar surface area (TPSA) is 43.5 Å². The highest BCUT2D eigenvalue weighted by molar-refractivity contribution is 7.17. The fraction of sp³-hybridized carbons (Fsp3) is 0. The molecule has 8 aromatic rings. The first-order chi connectivity index (χ1) is 16.7. The third-order valence-electron chi connectivity index (χ3n) is 6.86. The van der Waals surface area contributed by atoms with Gasteiger partial charge in [0, 0.05) is 38.0 Å². The van der Waals surface area contributed by atoms with E-state index in [0.29, 0.717) is 14.9 Å². The second kappa shape index (κ2) is 6.32. The summed E-state index contributed by atoms with van der Waals surface area (Å²) in [6.45, 7) is 0. The summed E-state index contributed by atoms with van der Waals surface area (Å²) >= 11 is 2.79. The summed E-state index contributed by atoms with van der Waals surface area (Å²) in [5.74, 6) is 0. The fourth-order valence-corrected chi connectivity index (χ4v) is 7.15. The van der Waals surface area contributed by atoms with Crippen LogP contribution in [0.4, 0.5) is 0 Å². The van der Waals surface area contributed by atoms with Gasteiger partial charge in [0.25, 0.3) is 11.1 Å². The number of hydrogen-bond donors (Lipinski definition) is 0. The highest BCUT2D eigenvalue weighted by Gasteiger charge is 2.20. The number of pyridine rings is 2. The summed E-state index contributed by atoms with van der Waals surface area (Å²) in [4.78, 5) is 26.8. The molecule has 0 bridgehead atoms. The molecule has 0 saturated carbocycles. The van der Waals surface area contributed by atoms with Crippen LogP contribution in [0.2, 0.25) is 0 Å². The quantitative estimate of drug-likeness (QED) is 0.263. The zero-order valence-electron chi connectivity index (χ0n) is 17.6. The van der Waals surface area contributed by atoms with Gasteiger partial charge in [-0.1, -0.05) is 36.4 Å². The van der Waals surface area contributed by atoms with Gasteiger partial charge in [-0.25, -0.2) is 4.40 Å². The lowest BCUT2D eigenvalue weighted by Crippen LogP contribution is -2.26. The molecule has 0 atom stereocenters. The van der Waals surface area contributed by atoms with E-state index in [0.717, 1.165) is 38.3 Å². The molecule has 8 rings (SSSR count). The number of thiophene rings is 2. The van der Waals surface area contributed by atoms with Crippen molar-refractivity contribution in [2.75, 3.05) is 0 Å². The number of aromatic nitrogens is 2. The van der Waals surface area contributed by atoms with Crippen molar-refractivity contribution in [1.29, 1.82) is 0 Å². The van der Waals surface area contributed by atoms with Crippen molar-refractivity contribution in [2.45, 2.75) is 0 Å². The minimum Gasteiger partial charge on any atom is -0.309 e. The Morgan fingerprint density at radius 3 is 1.59 bits per heavy atom. The Hall–Kier alpha value is -4.00. The molecule has 0 fully saturated rings. The van der Waals surface area contributed by atoms with Crippen LogP contribution >= 0.6 is 22.7 Å². The second-order valence-corrected chi connectivity index (χ2v) is 10.4. The van der Waals surface area contributed by atoms with Crippen LogP contribution in [-0.4, -0.2) is 8.97 Å². The van der Waals surface area contributed by atoms with E-state index in [4.69, 9.17) is 0 Å². The highest BCUT2D eigenvalue weighted by atomic mass is 32.1. The maximum absolute atomic E-state index is 13.4. The Morgan fingerprint density at radius 2 is 1.06 bits per heavy atom. The van der Waals surface area contributed by atoms with Crippen LogP contribution in [0.5, 0.6) is 0 Å². The molecule has 160 valence electrons. The van der Waals surface area contributed by atoms with Crippen LogP contribution in [0.3, 0.4) is 0 Å². The molecule has 0 radical (unpaired) electrons. The summed E-state index contributed by atoms with van der Waals surface area (Å²) in [5, 5.41) is 9.91. The minimum atomic E-state index is -0.229. The number of fused-ring (bicyclic) bond motifs is 7. The molecule has 5 aromatic heterocycles. The minimum absolute atomic E-state index is 0.229. The Morgan fingerprint density at radius 1 is 0.559 bits per heavy atom. The maximum atomic E-state index is 13.4. The standard InChI is InChI=1S/C28H14N2O2S2/c31-27-25-18(9-11-33-25)20-13-15(14-21-19-10-12-34-26(19)28(32)30(27)24(20)21)29-22-7-3-1-5-16(22)17-6-2-4-8-23(17)29/h1-14H. The molecule has 0 aliphatic carbocycles. The van der Waals surface area contributed by atoms with Gasteiger partial charge in [-0.15, -0.1) is 22.7 Å². The van der Waals surface area contributed by atoms with E-state index in [2.05, 4.69) is 65.2 Å². The zero-order valence-corrected chi connectivity index (χ0v) is 19.2. The number of para-hydroxylation sites is 2. The average Bonchev–Trinajstić information content (AvgIpc) is 3.61. The highest BCUT2D eigenvalue weighted by Crippen LogP contribution is 2.38. The summed E-state index contributed by atoms with van der Waals surface area (Å²) in [6, 6.07) is 25.1. The van der Waals surface area contributed by atoms with Crippen molar-refractivity contribution < 1.29 is 0 Å². The molecule has 0 spiro atoms. The van der Waals surface area contributed by atoms with E-state index in [1.807, 2.05) is 22.9 Å². The molecule has 3 aromatic carbocycles. The van der Waals surface area contributed by atoms with E-state index in [1.54, 1.807) is 0 Å². The summed E-state index contributed by atoms with van der Waals surface area (Å²) in [5.41, 5.74) is 3.52. The Labute approximate surface area is 199 Å². The SMILES string of the molecule is O=c1c2sccc2c2cc(-n3c4ccccc4c4ccccc43)cc3c4ccsc4c(=O)n1c23. The lowest BCUT2D eigenvalue weighted by Gasteiger charge is -2.14. The van der Waals surface area contributed by atoms with Gasteiger partial charge in [0.15, 0.2) is 0 Å². The van der Waals surface area contributed by atoms with Gasteiger partial charge in [0.1, 0.15) is 9.40 Å². The van der Waals surface area contributed by atoms with Crippen LogP contribution in [0.15, 0.2) is 93.1 Å². The lowest BCUT2D eigenvalue weighted by molar-refractivity contribution is 1.09. The van der Waals surface area contributed by atoms with Crippen molar-refractivity contribution in [3.8, 4) is 5.69 Å². The molecule has 0 aliphatic heterocycles. The summed E-state index contributed by atoms with van der Waals surface area (Å²) in [6.07, 6.45) is 0. The first-order valence-corrected chi connectivity index (χ1v) is 12.7. The van der Waals surface area contributed by atoms with Crippen molar-refractivity contribution in [3.05, 3.63) is 104 Å². The van der Waals surface area contributed by atoms with E-state index in [1.165, 1.54) is 37.8 Å². The molecular formula is C28H14N2O2S2. The fourth-order valence-electron chi connectivity index (χ4n) is 5.47. The van der Waals surface area contributed by atoms with E-state index >= 15 is 0 Å². The van der Waals surface area contributed by atoms with Crippen molar-refractivity contribution in [2.24, 2.45) is 0 Å². The predicted molar refractivity (Wildman–Crippen MR) is 144 cm³/mol. The predicted octanol–water partition coefficient (Wildman–Crippen LogP) is 6.78. The molecule has 0 saturated heterocycles. The van der Waals surface area contributed by atoms with Crippen LogP contribution < -0.4 is 11.1 Å². The van der Waals surface area contributed by atoms with Crippen molar-refractivity contribution in [3.63, 3.8) is 0 Å². The molecule has 5 heterocycles. The van der Waals surface area contributed by atoms with Crippen molar-refractivity contribution >= 4 is 80.9 Å². The second-order valence-electron chi connectivity index (χ2n) is 8.53. The third-order valence-corrected chi connectivity index (χ3v) is 8.67. The molecule has 34 heavy (non-hydrogen) atoms. The maximum Gasteiger partial charge on any atom is 0.276 e. The normalized spacial score (nSPS) is 12.4. The van der Waals surface area contributed by atoms with E-state index in [9.17, 15) is 9.59 Å². The van der Waals surface area contributed by atoms with Gasteiger partial charge in [-0.2, -0.15) is 0 Å². The Bertz CT molecular complexity index is 2080. The third kappa shape index (κ3) is 2.13.